The molecule has 16 heavy (non-hydrogen) atoms. The van der Waals surface area contributed by atoms with Gasteiger partial charge >= 0.3 is 6.18 Å². The first-order valence-electron chi connectivity index (χ1n) is 4.99. The Kier molecular flexibility index (Phi) is 3.07. The Hall–Kier alpha value is -0.820. The zero-order valence-electron chi connectivity index (χ0n) is 8.76. The summed E-state index contributed by atoms with van der Waals surface area (Å²) in [5.74, 6) is 0. The van der Waals surface area contributed by atoms with E-state index in [1.807, 2.05) is 4.90 Å². The highest BCUT2D eigenvalue weighted by atomic mass is 32.1. The number of hydrogen-bond donors (Lipinski definition) is 1. The Balaban J connectivity index is 2.23. The molecular weight excluding hydrogens is 239 g/mol. The third-order valence-electron chi connectivity index (χ3n) is 2.44. The van der Waals surface area contributed by atoms with Crippen molar-refractivity contribution >= 4 is 16.5 Å². The van der Waals surface area contributed by atoms with Crippen LogP contribution in [0.15, 0.2) is 0 Å². The number of halogens is 3. The van der Waals surface area contributed by atoms with Crippen molar-refractivity contribution in [2.24, 2.45) is 0 Å². The molecule has 1 saturated heterocycles. The summed E-state index contributed by atoms with van der Waals surface area (Å²) in [6.45, 7) is 4.47. The highest BCUT2D eigenvalue weighted by Gasteiger charge is 2.36. The van der Waals surface area contributed by atoms with Crippen LogP contribution in [0.3, 0.4) is 0 Å². The van der Waals surface area contributed by atoms with Crippen LogP contribution in [-0.2, 0) is 6.18 Å². The average Bonchev–Trinajstić information content (AvgIpc) is 2.61. The monoisotopic (exact) mass is 251 g/mol. The molecule has 2 rings (SSSR count). The third kappa shape index (κ3) is 2.30. The van der Waals surface area contributed by atoms with E-state index in [9.17, 15) is 13.2 Å². The number of nitrogens with zero attached hydrogens (tertiary/aromatic N) is 2. The van der Waals surface area contributed by atoms with E-state index in [-0.39, 0.29) is 4.88 Å². The van der Waals surface area contributed by atoms with Crippen molar-refractivity contribution in [1.82, 2.24) is 10.3 Å². The van der Waals surface area contributed by atoms with E-state index in [0.717, 1.165) is 24.4 Å². The summed E-state index contributed by atoms with van der Waals surface area (Å²) in [4.78, 5) is 5.83. The van der Waals surface area contributed by atoms with Crippen LogP contribution in [-0.4, -0.2) is 31.2 Å². The minimum atomic E-state index is -4.34. The van der Waals surface area contributed by atoms with E-state index < -0.39 is 11.9 Å². The fourth-order valence-electron chi connectivity index (χ4n) is 1.64. The highest BCUT2D eigenvalue weighted by molar-refractivity contribution is 7.15. The van der Waals surface area contributed by atoms with Crippen molar-refractivity contribution in [3.05, 3.63) is 10.6 Å². The predicted octanol–water partition coefficient (Wildman–Crippen LogP) is 1.88. The molecule has 0 aromatic carbocycles. The molecule has 0 saturated carbocycles. The fraction of sp³-hybridized carbons (Fsp3) is 0.667. The van der Waals surface area contributed by atoms with E-state index in [4.69, 9.17) is 0 Å². The molecule has 0 aliphatic carbocycles. The normalized spacial score (nSPS) is 17.9. The Bertz CT molecular complexity index is 369. The van der Waals surface area contributed by atoms with E-state index in [1.165, 1.54) is 6.92 Å². The lowest BCUT2D eigenvalue weighted by atomic mass is 10.4. The first kappa shape index (κ1) is 11.7. The lowest BCUT2D eigenvalue weighted by Crippen LogP contribution is -2.43. The summed E-state index contributed by atoms with van der Waals surface area (Å²) >= 11 is 1.11. The molecule has 1 aliphatic heterocycles. The molecular formula is C9H12F3N3S. The second kappa shape index (κ2) is 4.21. The summed E-state index contributed by atoms with van der Waals surface area (Å²) in [5.41, 5.74) is -0.744. The van der Waals surface area contributed by atoms with Crippen molar-refractivity contribution in [3.8, 4) is 0 Å². The molecule has 1 fully saturated rings. The van der Waals surface area contributed by atoms with Gasteiger partial charge in [0.15, 0.2) is 10.8 Å². The van der Waals surface area contributed by atoms with Gasteiger partial charge in [0.1, 0.15) is 0 Å². The number of aryl methyl sites for hydroxylation is 1. The Labute approximate surface area is 95.3 Å². The number of alkyl halides is 3. The molecule has 1 aliphatic rings. The van der Waals surface area contributed by atoms with Gasteiger partial charge in [-0.25, -0.2) is 4.98 Å². The number of piperazine rings is 1. The molecule has 3 nitrogen and oxygen atoms in total. The maximum absolute atomic E-state index is 12.5. The van der Waals surface area contributed by atoms with Gasteiger partial charge in [0.25, 0.3) is 0 Å². The Morgan fingerprint density at radius 1 is 1.31 bits per heavy atom. The minimum absolute atomic E-state index is 0.237. The Morgan fingerprint density at radius 3 is 2.44 bits per heavy atom. The number of anilines is 1. The van der Waals surface area contributed by atoms with Crippen LogP contribution in [0, 0.1) is 6.92 Å². The predicted molar refractivity (Wildman–Crippen MR) is 56.9 cm³/mol. The van der Waals surface area contributed by atoms with Crippen LogP contribution in [0.1, 0.15) is 10.6 Å². The van der Waals surface area contributed by atoms with Crippen LogP contribution in [0.2, 0.25) is 0 Å². The van der Waals surface area contributed by atoms with Gasteiger partial charge in [-0.2, -0.15) is 13.2 Å². The highest BCUT2D eigenvalue weighted by Crippen LogP contribution is 2.36. The number of hydrogen-bond acceptors (Lipinski definition) is 4. The second-order valence-corrected chi connectivity index (χ2v) is 4.82. The van der Waals surface area contributed by atoms with Crippen molar-refractivity contribution in [1.29, 1.82) is 0 Å². The van der Waals surface area contributed by atoms with Gasteiger partial charge in [0.05, 0.1) is 0 Å². The first-order chi connectivity index (χ1) is 7.48. The molecule has 90 valence electrons. The van der Waals surface area contributed by atoms with Gasteiger partial charge in [-0.05, 0) is 6.92 Å². The molecule has 0 unspecified atom stereocenters. The molecule has 0 radical (unpaired) electrons. The quantitative estimate of drug-likeness (QED) is 0.826. The largest absolute Gasteiger partial charge is 0.434 e. The molecule has 0 amide bonds. The van der Waals surface area contributed by atoms with Crippen LogP contribution in [0.25, 0.3) is 0 Å². The molecule has 1 N–H and O–H groups in total. The van der Waals surface area contributed by atoms with E-state index >= 15 is 0 Å². The van der Waals surface area contributed by atoms with E-state index in [0.29, 0.717) is 18.2 Å². The van der Waals surface area contributed by atoms with E-state index in [1.54, 1.807) is 0 Å². The topological polar surface area (TPSA) is 28.2 Å². The smallest absolute Gasteiger partial charge is 0.346 e. The summed E-state index contributed by atoms with van der Waals surface area (Å²) in [6.07, 6.45) is -4.34. The molecule has 2 heterocycles. The minimum Gasteiger partial charge on any atom is -0.346 e. The molecule has 7 heteroatoms. The SMILES string of the molecule is Cc1sc(N2CCNCC2)nc1C(F)(F)F. The summed E-state index contributed by atoms with van der Waals surface area (Å²) in [7, 11) is 0. The summed E-state index contributed by atoms with van der Waals surface area (Å²) in [5, 5.41) is 3.63. The molecule has 0 spiro atoms. The van der Waals surface area contributed by atoms with Crippen molar-refractivity contribution in [2.75, 3.05) is 31.1 Å². The maximum Gasteiger partial charge on any atom is 0.434 e. The van der Waals surface area contributed by atoms with Gasteiger partial charge < -0.3 is 10.2 Å². The summed E-state index contributed by atoms with van der Waals surface area (Å²) < 4.78 is 37.6. The van der Waals surface area contributed by atoms with Gasteiger partial charge in [0, 0.05) is 31.1 Å². The van der Waals surface area contributed by atoms with Crippen molar-refractivity contribution in [3.63, 3.8) is 0 Å². The third-order valence-corrected chi connectivity index (χ3v) is 3.47. The van der Waals surface area contributed by atoms with Gasteiger partial charge in [-0.15, -0.1) is 11.3 Å². The van der Waals surface area contributed by atoms with Crippen molar-refractivity contribution in [2.45, 2.75) is 13.1 Å². The lowest BCUT2D eigenvalue weighted by molar-refractivity contribution is -0.141. The number of nitrogens with one attached hydrogen (secondary N) is 1. The van der Waals surface area contributed by atoms with Crippen LogP contribution >= 0.6 is 11.3 Å². The molecule has 0 atom stereocenters. The van der Waals surface area contributed by atoms with Gasteiger partial charge in [-0.3, -0.25) is 0 Å². The van der Waals surface area contributed by atoms with Crippen molar-refractivity contribution < 1.29 is 13.2 Å². The fourth-order valence-corrected chi connectivity index (χ4v) is 2.62. The zero-order valence-corrected chi connectivity index (χ0v) is 9.58. The van der Waals surface area contributed by atoms with Gasteiger partial charge in [0.2, 0.25) is 0 Å². The van der Waals surface area contributed by atoms with Gasteiger partial charge in [-0.1, -0.05) is 0 Å². The first-order valence-corrected chi connectivity index (χ1v) is 5.80. The average molecular weight is 251 g/mol. The lowest BCUT2D eigenvalue weighted by Gasteiger charge is -2.26. The number of aromatic nitrogens is 1. The van der Waals surface area contributed by atoms with Crippen LogP contribution in [0.5, 0.6) is 0 Å². The number of thiazole rings is 1. The molecule has 1 aromatic heterocycles. The zero-order chi connectivity index (χ0) is 11.8. The Morgan fingerprint density at radius 2 is 1.94 bits per heavy atom. The molecule has 0 bridgehead atoms. The molecule has 1 aromatic rings. The van der Waals surface area contributed by atoms with Crippen LogP contribution < -0.4 is 10.2 Å². The van der Waals surface area contributed by atoms with Crippen LogP contribution in [0.4, 0.5) is 18.3 Å². The maximum atomic E-state index is 12.5. The number of rotatable bonds is 1. The summed E-state index contributed by atoms with van der Waals surface area (Å²) in [6, 6.07) is 0. The standard InChI is InChI=1S/C9H12F3N3S/c1-6-7(9(10,11)12)14-8(16-6)15-4-2-13-3-5-15/h13H,2-5H2,1H3. The van der Waals surface area contributed by atoms with E-state index in [2.05, 4.69) is 10.3 Å². The second-order valence-electron chi connectivity index (χ2n) is 3.64.